The molecule has 0 atom stereocenters. The first-order chi connectivity index (χ1) is 8.36. The Labute approximate surface area is 102 Å². The van der Waals surface area contributed by atoms with Gasteiger partial charge < -0.3 is 9.88 Å². The molecule has 0 spiro atoms. The summed E-state index contributed by atoms with van der Waals surface area (Å²) in [6.07, 6.45) is 8.51. The molecule has 0 aromatic carbocycles. The Morgan fingerprint density at radius 1 is 1.29 bits per heavy atom. The number of rotatable bonds is 5. The average molecular weight is 230 g/mol. The molecule has 0 saturated carbocycles. The maximum Gasteiger partial charge on any atom is 0.112 e. The van der Waals surface area contributed by atoms with Crippen molar-refractivity contribution < 1.29 is 0 Å². The fraction of sp³-hybridized carbons (Fsp3) is 0.385. The first-order valence-corrected chi connectivity index (χ1v) is 6.03. The molecule has 90 valence electrons. The quantitative estimate of drug-likeness (QED) is 0.853. The van der Waals surface area contributed by atoms with Crippen molar-refractivity contribution in [2.24, 2.45) is 0 Å². The Morgan fingerprint density at radius 2 is 2.18 bits per heavy atom. The summed E-state index contributed by atoms with van der Waals surface area (Å²) in [5, 5.41) is 3.33. The zero-order valence-corrected chi connectivity index (χ0v) is 10.3. The zero-order chi connectivity index (χ0) is 12.1. The third-order valence-corrected chi connectivity index (χ3v) is 2.74. The van der Waals surface area contributed by atoms with Crippen molar-refractivity contribution in [2.45, 2.75) is 26.8 Å². The van der Waals surface area contributed by atoms with Crippen LogP contribution in [0.4, 0.5) is 0 Å². The Kier molecular flexibility index (Phi) is 3.88. The molecule has 0 aliphatic carbocycles. The summed E-state index contributed by atoms with van der Waals surface area (Å²) in [5.74, 6) is 1.08. The van der Waals surface area contributed by atoms with E-state index in [9.17, 15) is 0 Å². The molecule has 0 fully saturated rings. The molecule has 0 radical (unpaired) electrons. The lowest BCUT2D eigenvalue weighted by Gasteiger charge is -2.12. The minimum absolute atomic E-state index is 0.834. The van der Waals surface area contributed by atoms with E-state index >= 15 is 0 Å². The van der Waals surface area contributed by atoms with E-state index in [1.165, 1.54) is 5.56 Å². The molecule has 1 N–H and O–H groups in total. The number of hydrogen-bond donors (Lipinski definition) is 1. The lowest BCUT2D eigenvalue weighted by molar-refractivity contribution is 0.717. The molecule has 4 heteroatoms. The predicted molar refractivity (Wildman–Crippen MR) is 68.1 cm³/mol. The third-order valence-electron chi connectivity index (χ3n) is 2.74. The van der Waals surface area contributed by atoms with Crippen LogP contribution < -0.4 is 5.32 Å². The van der Waals surface area contributed by atoms with Gasteiger partial charge in [-0.05, 0) is 12.6 Å². The summed E-state index contributed by atoms with van der Waals surface area (Å²) in [5.41, 5.74) is 2.36. The van der Waals surface area contributed by atoms with Crippen molar-refractivity contribution in [1.29, 1.82) is 0 Å². The first kappa shape index (κ1) is 11.8. The van der Waals surface area contributed by atoms with Crippen LogP contribution in [0, 0.1) is 0 Å². The van der Waals surface area contributed by atoms with Gasteiger partial charge in [-0.15, -0.1) is 0 Å². The Balaban J connectivity index is 2.37. The second-order valence-corrected chi connectivity index (χ2v) is 3.85. The van der Waals surface area contributed by atoms with E-state index in [1.807, 2.05) is 30.9 Å². The molecule has 0 saturated heterocycles. The molecule has 0 bridgehead atoms. The topological polar surface area (TPSA) is 42.7 Å². The van der Waals surface area contributed by atoms with Gasteiger partial charge in [-0.3, -0.25) is 4.98 Å². The zero-order valence-electron chi connectivity index (χ0n) is 10.3. The summed E-state index contributed by atoms with van der Waals surface area (Å²) in [6.45, 7) is 6.01. The highest BCUT2D eigenvalue weighted by atomic mass is 15.1. The number of pyridine rings is 1. The lowest BCUT2D eigenvalue weighted by atomic mass is 10.2. The van der Waals surface area contributed by atoms with Crippen LogP contribution in [-0.4, -0.2) is 21.1 Å². The SMILES string of the molecule is CCNCc1cnccc1-n1ccnc1CC. The maximum atomic E-state index is 4.35. The van der Waals surface area contributed by atoms with Gasteiger partial charge in [-0.2, -0.15) is 0 Å². The largest absolute Gasteiger partial charge is 0.313 e. The number of nitrogens with zero attached hydrogens (tertiary/aromatic N) is 3. The average Bonchev–Trinajstić information content (AvgIpc) is 2.84. The van der Waals surface area contributed by atoms with Gasteiger partial charge >= 0.3 is 0 Å². The van der Waals surface area contributed by atoms with Gasteiger partial charge in [-0.1, -0.05) is 13.8 Å². The van der Waals surface area contributed by atoms with Crippen molar-refractivity contribution in [3.63, 3.8) is 0 Å². The smallest absolute Gasteiger partial charge is 0.112 e. The molecule has 2 heterocycles. The van der Waals surface area contributed by atoms with Crippen molar-refractivity contribution >= 4 is 0 Å². The van der Waals surface area contributed by atoms with Crippen LogP contribution in [0.15, 0.2) is 30.9 Å². The van der Waals surface area contributed by atoms with Gasteiger partial charge in [0.25, 0.3) is 0 Å². The van der Waals surface area contributed by atoms with E-state index in [2.05, 4.69) is 33.7 Å². The molecule has 2 aromatic rings. The van der Waals surface area contributed by atoms with E-state index in [0.29, 0.717) is 0 Å². The fourth-order valence-corrected chi connectivity index (χ4v) is 1.87. The highest BCUT2D eigenvalue weighted by molar-refractivity contribution is 5.39. The molecule has 0 aliphatic heterocycles. The van der Waals surface area contributed by atoms with E-state index in [4.69, 9.17) is 0 Å². The van der Waals surface area contributed by atoms with Crippen LogP contribution in [0.5, 0.6) is 0 Å². The first-order valence-electron chi connectivity index (χ1n) is 6.03. The minimum atomic E-state index is 0.834. The number of imidazole rings is 1. The number of aromatic nitrogens is 3. The van der Waals surface area contributed by atoms with Crippen LogP contribution >= 0.6 is 0 Å². The normalized spacial score (nSPS) is 10.7. The van der Waals surface area contributed by atoms with E-state index in [-0.39, 0.29) is 0 Å². The fourth-order valence-electron chi connectivity index (χ4n) is 1.87. The molecule has 2 aromatic heterocycles. The predicted octanol–water partition coefficient (Wildman–Crippen LogP) is 1.94. The molecule has 0 aliphatic rings. The number of nitrogens with one attached hydrogen (secondary N) is 1. The summed E-state index contributed by atoms with van der Waals surface area (Å²) in [4.78, 5) is 8.54. The van der Waals surface area contributed by atoms with Crippen molar-refractivity contribution in [2.75, 3.05) is 6.54 Å². The van der Waals surface area contributed by atoms with Gasteiger partial charge in [0.2, 0.25) is 0 Å². The standard InChI is InChI=1S/C13H18N4/c1-3-13-16-7-8-17(13)12-5-6-15-10-11(12)9-14-4-2/h5-8,10,14H,3-4,9H2,1-2H3. The van der Waals surface area contributed by atoms with Gasteiger partial charge in [0.05, 0.1) is 5.69 Å². The van der Waals surface area contributed by atoms with E-state index < -0.39 is 0 Å². The van der Waals surface area contributed by atoms with Crippen LogP contribution in [0.3, 0.4) is 0 Å². The third kappa shape index (κ3) is 2.53. The molecule has 17 heavy (non-hydrogen) atoms. The second kappa shape index (κ2) is 5.59. The Morgan fingerprint density at radius 3 is 2.94 bits per heavy atom. The van der Waals surface area contributed by atoms with Crippen molar-refractivity contribution in [1.82, 2.24) is 19.9 Å². The Hall–Kier alpha value is -1.68. The monoisotopic (exact) mass is 230 g/mol. The highest BCUT2D eigenvalue weighted by Gasteiger charge is 2.07. The molecule has 4 nitrogen and oxygen atoms in total. The highest BCUT2D eigenvalue weighted by Crippen LogP contribution is 2.15. The van der Waals surface area contributed by atoms with Gasteiger partial charge in [-0.25, -0.2) is 4.98 Å². The van der Waals surface area contributed by atoms with Crippen molar-refractivity contribution in [3.05, 3.63) is 42.2 Å². The number of aryl methyl sites for hydroxylation is 1. The molecule has 2 rings (SSSR count). The van der Waals surface area contributed by atoms with Gasteiger partial charge in [0.15, 0.2) is 0 Å². The maximum absolute atomic E-state index is 4.35. The minimum Gasteiger partial charge on any atom is -0.313 e. The summed E-state index contributed by atoms with van der Waals surface area (Å²) in [6, 6.07) is 2.04. The van der Waals surface area contributed by atoms with Gasteiger partial charge in [0, 0.05) is 43.3 Å². The van der Waals surface area contributed by atoms with Crippen LogP contribution in [-0.2, 0) is 13.0 Å². The molecular weight excluding hydrogens is 212 g/mol. The van der Waals surface area contributed by atoms with E-state index in [1.54, 1.807) is 0 Å². The molecule has 0 unspecified atom stereocenters. The van der Waals surface area contributed by atoms with Crippen LogP contribution in [0.2, 0.25) is 0 Å². The second-order valence-electron chi connectivity index (χ2n) is 3.85. The molecule has 0 amide bonds. The summed E-state index contributed by atoms with van der Waals surface area (Å²) in [7, 11) is 0. The van der Waals surface area contributed by atoms with Crippen LogP contribution in [0.25, 0.3) is 5.69 Å². The number of hydrogen-bond acceptors (Lipinski definition) is 3. The summed E-state index contributed by atoms with van der Waals surface area (Å²) < 4.78 is 2.13. The van der Waals surface area contributed by atoms with Gasteiger partial charge in [0.1, 0.15) is 5.82 Å². The van der Waals surface area contributed by atoms with Crippen molar-refractivity contribution in [3.8, 4) is 5.69 Å². The Bertz CT molecular complexity index is 476. The molecular formula is C13H18N4. The van der Waals surface area contributed by atoms with E-state index in [0.717, 1.165) is 31.0 Å². The van der Waals surface area contributed by atoms with Crippen LogP contribution in [0.1, 0.15) is 25.2 Å². The summed E-state index contributed by atoms with van der Waals surface area (Å²) >= 11 is 0. The lowest BCUT2D eigenvalue weighted by Crippen LogP contribution is -2.14.